The van der Waals surface area contributed by atoms with Crippen molar-refractivity contribution in [2.24, 2.45) is 0 Å². The first-order chi connectivity index (χ1) is 8.36. The fourth-order valence-electron chi connectivity index (χ4n) is 2.00. The first-order valence-corrected chi connectivity index (χ1v) is 5.68. The van der Waals surface area contributed by atoms with Gasteiger partial charge < -0.3 is 15.4 Å². The highest BCUT2D eigenvalue weighted by molar-refractivity contribution is 5.54. The van der Waals surface area contributed by atoms with Gasteiger partial charge in [-0.05, 0) is 31.7 Å². The van der Waals surface area contributed by atoms with Crippen LogP contribution in [0.1, 0.15) is 12.0 Å². The summed E-state index contributed by atoms with van der Waals surface area (Å²) in [5, 5.41) is 0. The van der Waals surface area contributed by atoms with Crippen molar-refractivity contribution in [3.63, 3.8) is 0 Å². The summed E-state index contributed by atoms with van der Waals surface area (Å²) in [5.74, 6) is 0.323. The van der Waals surface area contributed by atoms with E-state index in [1.807, 2.05) is 7.05 Å². The molecule has 1 heterocycles. The van der Waals surface area contributed by atoms with E-state index in [0.717, 1.165) is 31.6 Å². The van der Waals surface area contributed by atoms with Gasteiger partial charge in [0.25, 0.3) is 0 Å². The Morgan fingerprint density at radius 3 is 2.61 bits per heavy atom. The fraction of sp³-hybridized carbons (Fsp3) is 0.500. The Bertz CT molecular complexity index is 434. The molecule has 0 amide bonds. The zero-order valence-corrected chi connectivity index (χ0v) is 10.00. The monoisotopic (exact) mass is 260 g/mol. The van der Waals surface area contributed by atoms with Crippen LogP contribution in [0.15, 0.2) is 18.2 Å². The number of ether oxygens (including phenoxy) is 1. The number of anilines is 1. The third-order valence-electron chi connectivity index (χ3n) is 2.98. The van der Waals surface area contributed by atoms with Crippen molar-refractivity contribution in [3.8, 4) is 5.75 Å². The summed E-state index contributed by atoms with van der Waals surface area (Å²) in [7, 11) is 1.97. The molecule has 0 spiro atoms. The molecule has 1 aromatic rings. The van der Waals surface area contributed by atoms with E-state index in [1.165, 1.54) is 6.07 Å². The molecule has 0 bridgehead atoms. The molecule has 3 nitrogen and oxygen atoms in total. The Morgan fingerprint density at radius 2 is 2.11 bits per heavy atom. The van der Waals surface area contributed by atoms with Crippen molar-refractivity contribution in [1.82, 2.24) is 4.90 Å². The van der Waals surface area contributed by atoms with Crippen LogP contribution in [0.5, 0.6) is 5.75 Å². The predicted molar refractivity (Wildman–Crippen MR) is 62.4 cm³/mol. The number of hydrogen-bond acceptors (Lipinski definition) is 3. The minimum atomic E-state index is -4.37. The molecule has 1 fully saturated rings. The summed E-state index contributed by atoms with van der Waals surface area (Å²) in [4.78, 5) is 2.10. The Morgan fingerprint density at radius 1 is 1.39 bits per heavy atom. The lowest BCUT2D eigenvalue weighted by molar-refractivity contribution is -0.137. The molecular formula is C12H15F3N2O. The van der Waals surface area contributed by atoms with Gasteiger partial charge in [-0.15, -0.1) is 0 Å². The highest BCUT2D eigenvalue weighted by atomic mass is 19.4. The largest absolute Gasteiger partial charge is 0.487 e. The van der Waals surface area contributed by atoms with Gasteiger partial charge in [-0.3, -0.25) is 0 Å². The number of nitrogens with two attached hydrogens (primary N) is 1. The molecule has 2 rings (SSSR count). The number of alkyl halides is 3. The van der Waals surface area contributed by atoms with Gasteiger partial charge in [-0.2, -0.15) is 13.2 Å². The second-order valence-electron chi connectivity index (χ2n) is 4.54. The van der Waals surface area contributed by atoms with Gasteiger partial charge in [0.05, 0.1) is 11.3 Å². The molecule has 0 aromatic heterocycles. The first-order valence-electron chi connectivity index (χ1n) is 5.68. The number of hydrogen-bond donors (Lipinski definition) is 1. The van der Waals surface area contributed by atoms with Crippen LogP contribution < -0.4 is 10.5 Å². The molecule has 1 unspecified atom stereocenters. The lowest BCUT2D eigenvalue weighted by Gasteiger charge is -2.16. The van der Waals surface area contributed by atoms with Crippen LogP contribution in [0.3, 0.4) is 0 Å². The molecular weight excluding hydrogens is 245 g/mol. The molecule has 1 aliphatic rings. The lowest BCUT2D eigenvalue weighted by atomic mass is 10.2. The second-order valence-corrected chi connectivity index (χ2v) is 4.54. The Kier molecular flexibility index (Phi) is 3.38. The van der Waals surface area contributed by atoms with E-state index in [-0.39, 0.29) is 11.8 Å². The summed E-state index contributed by atoms with van der Waals surface area (Å²) < 4.78 is 43.0. The normalized spacial score (nSPS) is 21.2. The van der Waals surface area contributed by atoms with Gasteiger partial charge in [0.1, 0.15) is 11.9 Å². The van der Waals surface area contributed by atoms with Gasteiger partial charge in [0, 0.05) is 13.1 Å². The Labute approximate surface area is 103 Å². The SMILES string of the molecule is CN1CCC(Oc2ccc(C(F)(F)F)cc2N)C1. The van der Waals surface area contributed by atoms with E-state index in [1.54, 1.807) is 0 Å². The zero-order valence-electron chi connectivity index (χ0n) is 10.00. The third kappa shape index (κ3) is 2.87. The molecule has 0 radical (unpaired) electrons. The molecule has 1 aliphatic heterocycles. The minimum absolute atomic E-state index is 0.00552. The Balaban J connectivity index is 2.10. The molecule has 6 heteroatoms. The van der Waals surface area contributed by atoms with Crippen molar-refractivity contribution in [3.05, 3.63) is 23.8 Å². The zero-order chi connectivity index (χ0) is 13.3. The van der Waals surface area contributed by atoms with Gasteiger partial charge in [-0.25, -0.2) is 0 Å². The van der Waals surface area contributed by atoms with Crippen LogP contribution in [0.25, 0.3) is 0 Å². The number of benzene rings is 1. The van der Waals surface area contributed by atoms with Crippen LogP contribution >= 0.6 is 0 Å². The maximum atomic E-state index is 12.5. The third-order valence-corrected chi connectivity index (χ3v) is 2.98. The number of nitrogen functional groups attached to an aromatic ring is 1. The van der Waals surface area contributed by atoms with Crippen molar-refractivity contribution < 1.29 is 17.9 Å². The van der Waals surface area contributed by atoms with Crippen molar-refractivity contribution in [2.75, 3.05) is 25.9 Å². The van der Waals surface area contributed by atoms with E-state index in [0.29, 0.717) is 5.75 Å². The standard InChI is InChI=1S/C12H15F3N2O/c1-17-5-4-9(7-17)18-11-3-2-8(6-10(11)16)12(13,14)15/h2-3,6,9H,4-5,7,16H2,1H3. The van der Waals surface area contributed by atoms with Crippen LogP contribution in [-0.4, -0.2) is 31.1 Å². The van der Waals surface area contributed by atoms with E-state index in [9.17, 15) is 13.2 Å². The number of halogens is 3. The summed E-state index contributed by atoms with van der Waals surface area (Å²) in [6, 6.07) is 3.19. The predicted octanol–water partition coefficient (Wildman–Crippen LogP) is 2.37. The van der Waals surface area contributed by atoms with E-state index in [4.69, 9.17) is 10.5 Å². The van der Waals surface area contributed by atoms with Crippen LogP contribution in [0.2, 0.25) is 0 Å². The fourth-order valence-corrected chi connectivity index (χ4v) is 2.00. The van der Waals surface area contributed by atoms with Crippen molar-refractivity contribution >= 4 is 5.69 Å². The second kappa shape index (κ2) is 4.68. The molecule has 0 aliphatic carbocycles. The van der Waals surface area contributed by atoms with Crippen LogP contribution in [-0.2, 0) is 6.18 Å². The number of rotatable bonds is 2. The number of likely N-dealkylation sites (N-methyl/N-ethyl adjacent to an activating group) is 1. The van der Waals surface area contributed by atoms with Gasteiger partial charge >= 0.3 is 6.18 Å². The first kappa shape index (κ1) is 13.0. The quantitative estimate of drug-likeness (QED) is 0.830. The smallest absolute Gasteiger partial charge is 0.416 e. The maximum absolute atomic E-state index is 12.5. The Hall–Kier alpha value is -1.43. The average Bonchev–Trinajstić information content (AvgIpc) is 2.65. The maximum Gasteiger partial charge on any atom is 0.416 e. The van der Waals surface area contributed by atoms with Gasteiger partial charge in [-0.1, -0.05) is 0 Å². The summed E-state index contributed by atoms with van der Waals surface area (Å²) in [5.41, 5.74) is 4.87. The van der Waals surface area contributed by atoms with Gasteiger partial charge in [0.2, 0.25) is 0 Å². The number of likely N-dealkylation sites (tertiary alicyclic amines) is 1. The lowest BCUT2D eigenvalue weighted by Crippen LogP contribution is -2.22. The van der Waals surface area contributed by atoms with E-state index < -0.39 is 11.7 Å². The van der Waals surface area contributed by atoms with Crippen molar-refractivity contribution in [2.45, 2.75) is 18.7 Å². The minimum Gasteiger partial charge on any atom is -0.487 e. The van der Waals surface area contributed by atoms with Crippen molar-refractivity contribution in [1.29, 1.82) is 0 Å². The topological polar surface area (TPSA) is 38.5 Å². The van der Waals surface area contributed by atoms with Crippen LogP contribution in [0, 0.1) is 0 Å². The van der Waals surface area contributed by atoms with E-state index >= 15 is 0 Å². The molecule has 1 atom stereocenters. The molecule has 1 saturated heterocycles. The molecule has 2 N–H and O–H groups in total. The molecule has 0 saturated carbocycles. The van der Waals surface area contributed by atoms with Gasteiger partial charge in [0.15, 0.2) is 0 Å². The van der Waals surface area contributed by atoms with E-state index in [2.05, 4.69) is 4.90 Å². The number of nitrogens with zero attached hydrogens (tertiary/aromatic N) is 1. The molecule has 18 heavy (non-hydrogen) atoms. The average molecular weight is 260 g/mol. The highest BCUT2D eigenvalue weighted by Crippen LogP contribution is 2.34. The highest BCUT2D eigenvalue weighted by Gasteiger charge is 2.31. The summed E-state index contributed by atoms with van der Waals surface area (Å²) in [6.07, 6.45) is -3.52. The molecule has 1 aromatic carbocycles. The molecule has 100 valence electrons. The summed E-state index contributed by atoms with van der Waals surface area (Å²) >= 11 is 0. The van der Waals surface area contributed by atoms with Crippen LogP contribution in [0.4, 0.5) is 18.9 Å². The summed E-state index contributed by atoms with van der Waals surface area (Å²) in [6.45, 7) is 1.69.